The predicted octanol–water partition coefficient (Wildman–Crippen LogP) is 2.35. The molecule has 0 spiro atoms. The van der Waals surface area contributed by atoms with Crippen molar-refractivity contribution in [2.24, 2.45) is 0 Å². The molecule has 0 bridgehead atoms. The van der Waals surface area contributed by atoms with E-state index in [2.05, 4.69) is 10.6 Å². The highest BCUT2D eigenvalue weighted by Crippen LogP contribution is 2.34. The van der Waals surface area contributed by atoms with Crippen molar-refractivity contribution in [2.75, 3.05) is 19.4 Å². The first-order chi connectivity index (χ1) is 14.8. The minimum Gasteiger partial charge on any atom is -0.505 e. The van der Waals surface area contributed by atoms with Crippen molar-refractivity contribution >= 4 is 17.4 Å². The summed E-state index contributed by atoms with van der Waals surface area (Å²) in [6, 6.07) is 14.0. The molecule has 8 nitrogen and oxygen atoms in total. The van der Waals surface area contributed by atoms with Gasteiger partial charge in [0.15, 0.2) is 11.9 Å². The molecule has 1 aliphatic rings. The van der Waals surface area contributed by atoms with Crippen LogP contribution in [0.5, 0.6) is 5.75 Å². The molecule has 2 aromatic carbocycles. The molecule has 0 saturated heterocycles. The lowest BCUT2D eigenvalue weighted by molar-refractivity contribution is -0.124. The predicted molar refractivity (Wildman–Crippen MR) is 117 cm³/mol. The zero-order valence-electron chi connectivity index (χ0n) is 17.9. The molecule has 8 heteroatoms. The van der Waals surface area contributed by atoms with Crippen LogP contribution in [0.25, 0.3) is 0 Å². The van der Waals surface area contributed by atoms with Crippen LogP contribution in [0.15, 0.2) is 53.9 Å². The number of nitrogens with one attached hydrogen (secondary N) is 2. The van der Waals surface area contributed by atoms with Crippen LogP contribution in [0.1, 0.15) is 35.3 Å². The molecule has 31 heavy (non-hydrogen) atoms. The van der Waals surface area contributed by atoms with Crippen LogP contribution in [0.3, 0.4) is 0 Å². The maximum atomic E-state index is 12.3. The number of nitrogens with zero attached hydrogens (tertiary/aromatic N) is 2. The Morgan fingerprint density at radius 1 is 1.19 bits per heavy atom. The van der Waals surface area contributed by atoms with Gasteiger partial charge in [-0.2, -0.15) is 5.26 Å². The lowest BCUT2D eigenvalue weighted by Gasteiger charge is -2.30. The first-order valence-corrected chi connectivity index (χ1v) is 9.83. The fourth-order valence-electron chi connectivity index (χ4n) is 2.90. The van der Waals surface area contributed by atoms with Gasteiger partial charge in [0.05, 0.1) is 28.6 Å². The van der Waals surface area contributed by atoms with Crippen molar-refractivity contribution in [3.8, 4) is 11.8 Å². The second kappa shape index (κ2) is 10.3. The van der Waals surface area contributed by atoms with E-state index in [0.29, 0.717) is 6.54 Å². The number of carbonyl (C=O) groups excluding carboxylic acids is 2. The van der Waals surface area contributed by atoms with E-state index in [4.69, 9.17) is 0 Å². The van der Waals surface area contributed by atoms with Gasteiger partial charge in [0.1, 0.15) is 5.70 Å². The molecular weight excluding hydrogens is 396 g/mol. The third-order valence-corrected chi connectivity index (χ3v) is 4.50. The Kier molecular flexibility index (Phi) is 7.77. The maximum Gasteiger partial charge on any atom is 0.257 e. The number of anilines is 1. The van der Waals surface area contributed by atoms with E-state index < -0.39 is 17.8 Å². The number of nitriles is 1. The van der Waals surface area contributed by atoms with Crippen LogP contribution in [-0.4, -0.2) is 47.0 Å². The van der Waals surface area contributed by atoms with Gasteiger partial charge in [0.25, 0.3) is 5.91 Å². The summed E-state index contributed by atoms with van der Waals surface area (Å²) in [5, 5.41) is 35.5. The van der Waals surface area contributed by atoms with Crippen molar-refractivity contribution < 1.29 is 19.8 Å². The van der Waals surface area contributed by atoms with Gasteiger partial charge in [-0.3, -0.25) is 9.59 Å². The minimum atomic E-state index is -1.30. The van der Waals surface area contributed by atoms with E-state index in [1.807, 2.05) is 50.2 Å². The number of aromatic hydroxyl groups is 1. The molecule has 162 valence electrons. The smallest absolute Gasteiger partial charge is 0.257 e. The van der Waals surface area contributed by atoms with Crippen LogP contribution < -0.4 is 10.6 Å². The Labute approximate surface area is 181 Å². The first kappa shape index (κ1) is 23.4. The number of hydrogen-bond acceptors (Lipinski definition) is 7. The van der Waals surface area contributed by atoms with Gasteiger partial charge in [-0.15, -0.1) is 0 Å². The highest BCUT2D eigenvalue weighted by atomic mass is 16.3. The molecule has 1 unspecified atom stereocenters. The molecule has 0 fully saturated rings. The van der Waals surface area contributed by atoms with Gasteiger partial charge in [-0.1, -0.05) is 44.2 Å². The summed E-state index contributed by atoms with van der Waals surface area (Å²) in [5.41, 5.74) is 1.41. The Hall–Kier alpha value is -3.83. The van der Waals surface area contributed by atoms with Crippen molar-refractivity contribution in [1.29, 1.82) is 5.26 Å². The normalized spacial score (nSPS) is 14.6. The van der Waals surface area contributed by atoms with Crippen molar-refractivity contribution in [2.45, 2.75) is 26.5 Å². The summed E-state index contributed by atoms with van der Waals surface area (Å²) in [6.07, 6.45) is -1.30. The Balaban J connectivity index is 0.00000166. The van der Waals surface area contributed by atoms with Gasteiger partial charge < -0.3 is 25.7 Å². The van der Waals surface area contributed by atoms with E-state index in [0.717, 1.165) is 5.56 Å². The number of aliphatic hydroxyl groups is 1. The van der Waals surface area contributed by atoms with Crippen molar-refractivity contribution in [3.05, 3.63) is 70.5 Å². The summed E-state index contributed by atoms with van der Waals surface area (Å²) in [4.78, 5) is 25.7. The summed E-state index contributed by atoms with van der Waals surface area (Å²) >= 11 is 0. The number of aliphatic hydroxyl groups excluding tert-OH is 1. The lowest BCUT2D eigenvalue weighted by Crippen LogP contribution is -2.45. The largest absolute Gasteiger partial charge is 0.505 e. The number of rotatable bonds is 6. The van der Waals surface area contributed by atoms with E-state index in [9.17, 15) is 25.1 Å². The second-order valence-corrected chi connectivity index (χ2v) is 6.75. The van der Waals surface area contributed by atoms with E-state index in [-0.39, 0.29) is 34.0 Å². The van der Waals surface area contributed by atoms with Gasteiger partial charge in [0, 0.05) is 20.6 Å². The van der Waals surface area contributed by atoms with Crippen molar-refractivity contribution in [1.82, 2.24) is 10.2 Å². The molecule has 2 aromatic rings. The molecule has 4 N–H and O–H groups in total. The molecule has 3 rings (SSSR count). The van der Waals surface area contributed by atoms with Crippen LogP contribution in [0.2, 0.25) is 0 Å². The standard InChI is InChI=1S/C21H20N4O4.C2H6/c1-25(2)21(29)14-8-13(10-22)9-15(18(14)26)24-17-16(19(27)20(17)28)23-11-12-6-4-3-5-7-12;1-2/h3-9,19,23-24,26-27H,11H2,1-2H3;1-2H3. The molecule has 0 radical (unpaired) electrons. The summed E-state index contributed by atoms with van der Waals surface area (Å²) in [5.74, 6) is -1.42. The van der Waals surface area contributed by atoms with Crippen LogP contribution in [-0.2, 0) is 11.3 Å². The molecular formula is C23H26N4O4. The van der Waals surface area contributed by atoms with Gasteiger partial charge in [0.2, 0.25) is 5.78 Å². The highest BCUT2D eigenvalue weighted by molar-refractivity contribution is 6.11. The SMILES string of the molecule is CC.CN(C)C(=O)c1cc(C#N)cc(NC2=C(NCc3ccccc3)C(O)C2=O)c1O. The molecule has 0 aliphatic heterocycles. The minimum absolute atomic E-state index is 0.0310. The number of phenolic OH excluding ortho intramolecular Hbond substituents is 1. The molecule has 1 atom stereocenters. The van der Waals surface area contributed by atoms with Gasteiger partial charge >= 0.3 is 0 Å². The summed E-state index contributed by atoms with van der Waals surface area (Å²) < 4.78 is 0. The average molecular weight is 422 g/mol. The lowest BCUT2D eigenvalue weighted by atomic mass is 9.94. The number of ketones is 1. The van der Waals surface area contributed by atoms with Crippen LogP contribution in [0.4, 0.5) is 5.69 Å². The Bertz CT molecular complexity index is 1040. The molecule has 0 saturated carbocycles. The fourth-order valence-corrected chi connectivity index (χ4v) is 2.90. The Morgan fingerprint density at radius 3 is 2.42 bits per heavy atom. The first-order valence-electron chi connectivity index (χ1n) is 9.83. The highest BCUT2D eigenvalue weighted by Gasteiger charge is 2.38. The monoisotopic (exact) mass is 422 g/mol. The number of hydrogen-bond donors (Lipinski definition) is 4. The quantitative estimate of drug-likeness (QED) is 0.527. The molecule has 1 amide bonds. The number of phenols is 1. The average Bonchev–Trinajstić information content (AvgIpc) is 2.80. The van der Waals surface area contributed by atoms with Crippen LogP contribution in [0, 0.1) is 11.3 Å². The molecule has 1 aliphatic carbocycles. The Morgan fingerprint density at radius 2 is 1.84 bits per heavy atom. The fraction of sp³-hybridized carbons (Fsp3) is 0.261. The number of amides is 1. The molecule has 0 aromatic heterocycles. The van der Waals surface area contributed by atoms with Crippen LogP contribution >= 0.6 is 0 Å². The second-order valence-electron chi connectivity index (χ2n) is 6.75. The van der Waals surface area contributed by atoms with E-state index in [1.165, 1.54) is 31.1 Å². The zero-order chi connectivity index (χ0) is 23.1. The third kappa shape index (κ3) is 5.02. The molecule has 0 heterocycles. The van der Waals surface area contributed by atoms with Gasteiger partial charge in [-0.25, -0.2) is 0 Å². The maximum absolute atomic E-state index is 12.3. The van der Waals surface area contributed by atoms with E-state index in [1.54, 1.807) is 0 Å². The number of carbonyl (C=O) groups is 2. The summed E-state index contributed by atoms with van der Waals surface area (Å²) in [6.45, 7) is 4.39. The summed E-state index contributed by atoms with van der Waals surface area (Å²) in [7, 11) is 3.04. The zero-order valence-corrected chi connectivity index (χ0v) is 17.9. The van der Waals surface area contributed by atoms with E-state index >= 15 is 0 Å². The van der Waals surface area contributed by atoms with Gasteiger partial charge in [-0.05, 0) is 17.7 Å². The topological polar surface area (TPSA) is 126 Å². The van der Waals surface area contributed by atoms with Crippen molar-refractivity contribution in [3.63, 3.8) is 0 Å². The number of benzene rings is 2. The number of Topliss-reactive ketones (excluding diaryl/α,β-unsaturated/α-hetero) is 1. The third-order valence-electron chi connectivity index (χ3n) is 4.50.